The first-order chi connectivity index (χ1) is 8.75. The minimum absolute atomic E-state index is 0.0797. The van der Waals surface area contributed by atoms with E-state index in [0.717, 1.165) is 13.0 Å². The van der Waals surface area contributed by atoms with E-state index in [2.05, 4.69) is 24.2 Å². The molecule has 0 spiro atoms. The molecule has 0 saturated carbocycles. The predicted molar refractivity (Wildman–Crippen MR) is 73.1 cm³/mol. The SMILES string of the molecule is CCC1CN(C(=O)NC(C)(C)CC(=O)O)CCN1C. The van der Waals surface area contributed by atoms with Gasteiger partial charge in [0.05, 0.1) is 6.42 Å². The zero-order valence-electron chi connectivity index (χ0n) is 12.3. The van der Waals surface area contributed by atoms with Crippen molar-refractivity contribution in [2.45, 2.75) is 45.2 Å². The second kappa shape index (κ2) is 6.23. The molecule has 1 unspecified atom stereocenters. The van der Waals surface area contributed by atoms with Crippen LogP contribution < -0.4 is 5.32 Å². The summed E-state index contributed by atoms with van der Waals surface area (Å²) in [6.45, 7) is 7.80. The maximum atomic E-state index is 12.2. The second-order valence-corrected chi connectivity index (χ2v) is 5.87. The van der Waals surface area contributed by atoms with Crippen molar-refractivity contribution in [2.24, 2.45) is 0 Å². The van der Waals surface area contributed by atoms with E-state index in [0.29, 0.717) is 19.1 Å². The number of aliphatic carboxylic acids is 1. The second-order valence-electron chi connectivity index (χ2n) is 5.87. The van der Waals surface area contributed by atoms with Crippen LogP contribution in [0.15, 0.2) is 0 Å². The Morgan fingerprint density at radius 2 is 2.00 bits per heavy atom. The molecule has 6 nitrogen and oxygen atoms in total. The van der Waals surface area contributed by atoms with Gasteiger partial charge in [0.15, 0.2) is 0 Å². The van der Waals surface area contributed by atoms with E-state index in [1.165, 1.54) is 0 Å². The highest BCUT2D eigenvalue weighted by Gasteiger charge is 2.30. The molecule has 0 aromatic heterocycles. The summed E-state index contributed by atoms with van der Waals surface area (Å²) in [7, 11) is 2.07. The lowest BCUT2D eigenvalue weighted by Gasteiger charge is -2.40. The Balaban J connectivity index is 2.56. The van der Waals surface area contributed by atoms with Crippen LogP contribution in [0.1, 0.15) is 33.6 Å². The number of carboxylic acids is 1. The highest BCUT2D eigenvalue weighted by Crippen LogP contribution is 2.13. The van der Waals surface area contributed by atoms with Crippen LogP contribution in [0.2, 0.25) is 0 Å². The fraction of sp³-hybridized carbons (Fsp3) is 0.846. The summed E-state index contributed by atoms with van der Waals surface area (Å²) in [6, 6.07) is 0.208. The molecule has 1 fully saturated rings. The summed E-state index contributed by atoms with van der Waals surface area (Å²) in [6.07, 6.45) is 0.919. The number of carbonyl (C=O) groups excluding carboxylic acids is 1. The number of amides is 2. The zero-order valence-corrected chi connectivity index (χ0v) is 12.3. The van der Waals surface area contributed by atoms with Crippen molar-refractivity contribution >= 4 is 12.0 Å². The lowest BCUT2D eigenvalue weighted by molar-refractivity contribution is -0.138. The first-order valence-corrected chi connectivity index (χ1v) is 6.74. The first-order valence-electron chi connectivity index (χ1n) is 6.74. The van der Waals surface area contributed by atoms with Crippen molar-refractivity contribution in [2.75, 3.05) is 26.7 Å². The Morgan fingerprint density at radius 3 is 2.53 bits per heavy atom. The number of nitrogens with zero attached hydrogens (tertiary/aromatic N) is 2. The molecule has 0 bridgehead atoms. The number of urea groups is 1. The summed E-state index contributed by atoms with van der Waals surface area (Å²) >= 11 is 0. The van der Waals surface area contributed by atoms with Gasteiger partial charge in [-0.3, -0.25) is 9.69 Å². The third-order valence-corrected chi connectivity index (χ3v) is 3.57. The van der Waals surface area contributed by atoms with Crippen molar-refractivity contribution < 1.29 is 14.7 Å². The van der Waals surface area contributed by atoms with Gasteiger partial charge in [0, 0.05) is 31.2 Å². The number of hydrogen-bond acceptors (Lipinski definition) is 3. The molecule has 1 saturated heterocycles. The van der Waals surface area contributed by atoms with E-state index in [9.17, 15) is 9.59 Å². The number of piperazine rings is 1. The van der Waals surface area contributed by atoms with Crippen LogP contribution in [0.3, 0.4) is 0 Å². The number of carbonyl (C=O) groups is 2. The van der Waals surface area contributed by atoms with Gasteiger partial charge < -0.3 is 15.3 Å². The van der Waals surface area contributed by atoms with Crippen molar-refractivity contribution in [3.05, 3.63) is 0 Å². The average molecular weight is 271 g/mol. The van der Waals surface area contributed by atoms with Gasteiger partial charge in [-0.15, -0.1) is 0 Å². The van der Waals surface area contributed by atoms with E-state index in [-0.39, 0.29) is 12.5 Å². The lowest BCUT2D eigenvalue weighted by atomic mass is 10.0. The minimum atomic E-state index is -0.907. The van der Waals surface area contributed by atoms with Gasteiger partial charge >= 0.3 is 12.0 Å². The number of nitrogens with one attached hydrogen (secondary N) is 1. The molecule has 0 radical (unpaired) electrons. The van der Waals surface area contributed by atoms with Gasteiger partial charge in [0.25, 0.3) is 0 Å². The summed E-state index contributed by atoms with van der Waals surface area (Å²) in [5.41, 5.74) is -0.728. The van der Waals surface area contributed by atoms with Crippen molar-refractivity contribution in [1.29, 1.82) is 0 Å². The quantitative estimate of drug-likeness (QED) is 0.799. The number of likely N-dealkylation sites (N-methyl/N-ethyl adjacent to an activating group) is 1. The third-order valence-electron chi connectivity index (χ3n) is 3.57. The summed E-state index contributed by atoms with van der Waals surface area (Å²) in [5.74, 6) is -0.907. The van der Waals surface area contributed by atoms with Gasteiger partial charge in [-0.2, -0.15) is 0 Å². The first kappa shape index (κ1) is 15.8. The van der Waals surface area contributed by atoms with Crippen molar-refractivity contribution in [3.63, 3.8) is 0 Å². The van der Waals surface area contributed by atoms with E-state index >= 15 is 0 Å². The van der Waals surface area contributed by atoms with E-state index in [1.54, 1.807) is 18.7 Å². The number of rotatable bonds is 4. The van der Waals surface area contributed by atoms with Crippen LogP contribution in [0.4, 0.5) is 4.79 Å². The maximum absolute atomic E-state index is 12.2. The monoisotopic (exact) mass is 271 g/mol. The zero-order chi connectivity index (χ0) is 14.6. The summed E-state index contributed by atoms with van der Waals surface area (Å²) < 4.78 is 0. The standard InChI is InChI=1S/C13H25N3O3/c1-5-10-9-16(7-6-15(10)4)12(19)14-13(2,3)8-11(17)18/h10H,5-9H2,1-4H3,(H,14,19)(H,17,18). The van der Waals surface area contributed by atoms with E-state index < -0.39 is 11.5 Å². The van der Waals surface area contributed by atoms with Gasteiger partial charge in [-0.05, 0) is 27.3 Å². The summed E-state index contributed by atoms with van der Waals surface area (Å²) in [5, 5.41) is 11.6. The van der Waals surface area contributed by atoms with Crippen molar-refractivity contribution in [1.82, 2.24) is 15.1 Å². The Morgan fingerprint density at radius 1 is 1.37 bits per heavy atom. The van der Waals surface area contributed by atoms with E-state index in [4.69, 9.17) is 5.11 Å². The highest BCUT2D eigenvalue weighted by atomic mass is 16.4. The predicted octanol–water partition coefficient (Wildman–Crippen LogP) is 0.975. The smallest absolute Gasteiger partial charge is 0.317 e. The molecule has 0 aliphatic carbocycles. The van der Waals surface area contributed by atoms with Crippen LogP contribution in [-0.4, -0.2) is 65.2 Å². The van der Waals surface area contributed by atoms with E-state index in [1.807, 2.05) is 0 Å². The van der Waals surface area contributed by atoms with Crippen LogP contribution in [-0.2, 0) is 4.79 Å². The van der Waals surface area contributed by atoms with Gasteiger partial charge in [0.1, 0.15) is 0 Å². The maximum Gasteiger partial charge on any atom is 0.317 e. The fourth-order valence-electron chi connectivity index (χ4n) is 2.36. The topological polar surface area (TPSA) is 72.9 Å². The molecule has 1 atom stereocenters. The van der Waals surface area contributed by atoms with Crippen LogP contribution in [0, 0.1) is 0 Å². The lowest BCUT2D eigenvalue weighted by Crippen LogP contribution is -2.58. The molecule has 1 aliphatic rings. The van der Waals surface area contributed by atoms with Crippen molar-refractivity contribution in [3.8, 4) is 0 Å². The largest absolute Gasteiger partial charge is 0.481 e. The molecule has 2 amide bonds. The summed E-state index contributed by atoms with van der Waals surface area (Å²) in [4.78, 5) is 26.9. The minimum Gasteiger partial charge on any atom is -0.481 e. The Hall–Kier alpha value is -1.30. The molecule has 1 rings (SSSR count). The van der Waals surface area contributed by atoms with Crippen LogP contribution >= 0.6 is 0 Å². The van der Waals surface area contributed by atoms with Gasteiger partial charge in [-0.1, -0.05) is 6.92 Å². The number of carboxylic acid groups (broad SMARTS) is 1. The molecule has 110 valence electrons. The molecule has 1 aliphatic heterocycles. The molecule has 0 aromatic rings. The molecule has 0 aromatic carbocycles. The van der Waals surface area contributed by atoms with Gasteiger partial charge in [0.2, 0.25) is 0 Å². The molecular formula is C13H25N3O3. The fourth-order valence-corrected chi connectivity index (χ4v) is 2.36. The highest BCUT2D eigenvalue weighted by molar-refractivity contribution is 5.77. The normalized spacial score (nSPS) is 21.3. The molecule has 6 heteroatoms. The molecule has 19 heavy (non-hydrogen) atoms. The van der Waals surface area contributed by atoms with Crippen LogP contribution in [0.25, 0.3) is 0 Å². The average Bonchev–Trinajstić information content (AvgIpc) is 2.26. The Labute approximate surface area is 114 Å². The Kier molecular flexibility index (Phi) is 5.17. The molecule has 1 heterocycles. The number of hydrogen-bond donors (Lipinski definition) is 2. The van der Waals surface area contributed by atoms with Crippen LogP contribution in [0.5, 0.6) is 0 Å². The Bertz CT molecular complexity index is 344. The third kappa shape index (κ3) is 4.70. The molecule has 2 N–H and O–H groups in total. The molecular weight excluding hydrogens is 246 g/mol. The van der Waals surface area contributed by atoms with Gasteiger partial charge in [-0.25, -0.2) is 4.79 Å².